The largest absolute Gasteiger partial charge is 0.493 e. The molecule has 1 aromatic carbocycles. The smallest absolute Gasteiger partial charge is 0.272 e. The summed E-state index contributed by atoms with van der Waals surface area (Å²) in [6.45, 7) is 17.3. The lowest BCUT2D eigenvalue weighted by Crippen LogP contribution is -2.47. The highest BCUT2D eigenvalue weighted by Crippen LogP contribution is 2.31. The summed E-state index contributed by atoms with van der Waals surface area (Å²) in [7, 11) is 0. The van der Waals surface area contributed by atoms with Gasteiger partial charge in [-0.25, -0.2) is 9.97 Å². The normalized spacial score (nSPS) is 13.4. The molecule has 0 radical (unpaired) electrons. The van der Waals surface area contributed by atoms with Gasteiger partial charge in [0, 0.05) is 33.3 Å². The molecule has 5 rings (SSSR count). The van der Waals surface area contributed by atoms with Crippen molar-refractivity contribution in [2.45, 2.75) is 143 Å². The topological polar surface area (TPSA) is 207 Å². The van der Waals surface area contributed by atoms with E-state index < -0.39 is 22.2 Å². The summed E-state index contributed by atoms with van der Waals surface area (Å²) in [6, 6.07) is 3.49. The first-order valence-corrected chi connectivity index (χ1v) is 22.2. The van der Waals surface area contributed by atoms with Crippen LogP contribution in [-0.4, -0.2) is 53.1 Å². The van der Waals surface area contributed by atoms with Crippen LogP contribution in [-0.2, 0) is 10.8 Å². The molecule has 0 saturated carbocycles. The molecular formula is C48H66N8O6. The third kappa shape index (κ3) is 13.0. The van der Waals surface area contributed by atoms with Gasteiger partial charge in [0.25, 0.3) is 22.2 Å². The van der Waals surface area contributed by atoms with Gasteiger partial charge >= 0.3 is 0 Å². The number of H-pyrrole nitrogens is 6. The molecule has 0 unspecified atom stereocenters. The van der Waals surface area contributed by atoms with E-state index in [1.165, 1.54) is 12.8 Å². The summed E-state index contributed by atoms with van der Waals surface area (Å²) in [4.78, 5) is 80.2. The second-order valence-electron chi connectivity index (χ2n) is 18.0. The molecule has 14 nitrogen and oxygen atoms in total. The number of hydrogen-bond acceptors (Lipinski definition) is 8. The van der Waals surface area contributed by atoms with Crippen molar-refractivity contribution in [2.75, 3.05) is 13.2 Å². The minimum atomic E-state index is -0.513. The van der Waals surface area contributed by atoms with E-state index in [-0.39, 0.29) is 32.2 Å². The molecule has 5 aromatic rings. The van der Waals surface area contributed by atoms with E-state index in [4.69, 9.17) is 9.47 Å². The predicted octanol–water partition coefficient (Wildman–Crippen LogP) is 5.27. The molecular weight excluding hydrogens is 785 g/mol. The van der Waals surface area contributed by atoms with Gasteiger partial charge in [0.15, 0.2) is 0 Å². The SMILES string of the molecule is CCCCCCCCOc1cc(/C=c2\[nH]c(=O)/c(=C/c3nc[nH]c3C(C)(C)C)[nH]c2=O)c(OCCCCCCCC)cc1/C=c1\[nH]c(=O)c(=Cc2nc[nH]c2C(C)(C)C)[nH]c1=O. The molecule has 0 fully saturated rings. The molecule has 0 saturated heterocycles. The maximum atomic E-state index is 13.6. The summed E-state index contributed by atoms with van der Waals surface area (Å²) in [5, 5.41) is 0.179. The molecule has 0 atom stereocenters. The van der Waals surface area contributed by atoms with E-state index in [2.05, 4.69) is 53.7 Å². The van der Waals surface area contributed by atoms with Crippen LogP contribution in [0, 0.1) is 0 Å². The fraction of sp³-hybridized carbons (Fsp3) is 0.500. The Kier molecular flexibility index (Phi) is 16.5. The lowest BCUT2D eigenvalue weighted by Gasteiger charge is -2.16. The Morgan fingerprint density at radius 2 is 0.806 bits per heavy atom. The molecule has 0 amide bonds. The van der Waals surface area contributed by atoms with Crippen LogP contribution < -0.4 is 53.1 Å². The highest BCUT2D eigenvalue weighted by Gasteiger charge is 2.21. The van der Waals surface area contributed by atoms with E-state index in [1.54, 1.807) is 49.1 Å². The number of nitrogens with zero attached hydrogens (tertiary/aromatic N) is 2. The highest BCUT2D eigenvalue weighted by atomic mass is 16.5. The maximum absolute atomic E-state index is 13.6. The summed E-state index contributed by atoms with van der Waals surface area (Å²) in [5.74, 6) is 0.826. The molecule has 14 heteroatoms. The maximum Gasteiger partial charge on any atom is 0.272 e. The molecule has 0 spiro atoms. The van der Waals surface area contributed by atoms with Crippen LogP contribution in [0.2, 0.25) is 0 Å². The standard InChI is InChI=1S/C48H66N8O6/c1-9-11-13-15-17-19-21-61-39-25-32(24-36-44(58)56-38(46(60)54-36)28-34-42(48(6,7)8)52-30-50-34)40(62-22-20-18-16-14-12-10-2)26-31(39)23-35-43(57)55-37(45(59)53-35)27-33-41(47(3,4)5)51-29-49-33/h23-30H,9-22H2,1-8H3,(H,49,51)(H,50,52)(H,53,59)(H,54,60)(H,55,57)(H,56,58)/b35-23-,36-24-,37-27-,38-28?. The van der Waals surface area contributed by atoms with Crippen molar-refractivity contribution in [1.82, 2.24) is 39.9 Å². The number of hydrogen-bond donors (Lipinski definition) is 6. The zero-order valence-corrected chi connectivity index (χ0v) is 37.9. The van der Waals surface area contributed by atoms with Crippen LogP contribution in [0.15, 0.2) is 44.0 Å². The summed E-state index contributed by atoms with van der Waals surface area (Å²) >= 11 is 0. The Morgan fingerprint density at radius 1 is 0.484 bits per heavy atom. The van der Waals surface area contributed by atoms with E-state index >= 15 is 0 Å². The molecule has 62 heavy (non-hydrogen) atoms. The highest BCUT2D eigenvalue weighted by molar-refractivity contribution is 5.67. The third-order valence-corrected chi connectivity index (χ3v) is 10.6. The van der Waals surface area contributed by atoms with Gasteiger partial charge in [-0.2, -0.15) is 0 Å². The minimum Gasteiger partial charge on any atom is -0.493 e. The molecule has 334 valence electrons. The molecule has 4 heterocycles. The second kappa shape index (κ2) is 21.7. The van der Waals surface area contributed by atoms with E-state index in [0.29, 0.717) is 47.2 Å². The lowest BCUT2D eigenvalue weighted by atomic mass is 9.90. The van der Waals surface area contributed by atoms with Crippen molar-refractivity contribution in [3.05, 3.63) is 122 Å². The minimum absolute atomic E-state index is 0.0207. The number of nitrogens with one attached hydrogen (secondary N) is 6. The zero-order chi connectivity index (χ0) is 44.9. The van der Waals surface area contributed by atoms with Crippen molar-refractivity contribution in [1.29, 1.82) is 0 Å². The van der Waals surface area contributed by atoms with E-state index in [9.17, 15) is 19.2 Å². The summed E-state index contributed by atoms with van der Waals surface area (Å²) in [6.07, 6.45) is 22.2. The molecule has 0 aliphatic heterocycles. The number of imidazole rings is 2. The predicted molar refractivity (Wildman–Crippen MR) is 247 cm³/mol. The molecule has 6 N–H and O–H groups in total. The molecule has 4 aromatic heterocycles. The fourth-order valence-electron chi connectivity index (χ4n) is 7.20. The zero-order valence-electron chi connectivity index (χ0n) is 37.9. The Balaban J connectivity index is 1.62. The van der Waals surface area contributed by atoms with Gasteiger partial charge in [0.2, 0.25) is 0 Å². The van der Waals surface area contributed by atoms with Gasteiger partial charge in [-0.05, 0) is 49.3 Å². The van der Waals surface area contributed by atoms with E-state index in [0.717, 1.165) is 75.6 Å². The Labute approximate surface area is 362 Å². The quantitative estimate of drug-likeness (QED) is 0.0568. The van der Waals surface area contributed by atoms with Crippen molar-refractivity contribution >= 4 is 24.3 Å². The van der Waals surface area contributed by atoms with Crippen LogP contribution in [0.5, 0.6) is 11.5 Å². The van der Waals surface area contributed by atoms with Crippen LogP contribution in [0.1, 0.15) is 166 Å². The van der Waals surface area contributed by atoms with Crippen LogP contribution in [0.4, 0.5) is 0 Å². The Hall–Kier alpha value is -5.92. The number of aromatic nitrogens is 8. The Bertz CT molecular complexity index is 2560. The van der Waals surface area contributed by atoms with Gasteiger partial charge < -0.3 is 39.4 Å². The average Bonchev–Trinajstić information content (AvgIpc) is 3.89. The molecule has 0 bridgehead atoms. The van der Waals surface area contributed by atoms with Gasteiger partial charge in [-0.3, -0.25) is 19.2 Å². The van der Waals surface area contributed by atoms with Crippen LogP contribution in [0.25, 0.3) is 24.3 Å². The van der Waals surface area contributed by atoms with Gasteiger partial charge in [-0.1, -0.05) is 120 Å². The number of rotatable bonds is 20. The molecule has 0 aliphatic rings. The Morgan fingerprint density at radius 3 is 1.15 bits per heavy atom. The number of aromatic amines is 6. The van der Waals surface area contributed by atoms with E-state index in [1.807, 2.05) is 41.5 Å². The van der Waals surface area contributed by atoms with Crippen molar-refractivity contribution in [2.24, 2.45) is 0 Å². The fourth-order valence-corrected chi connectivity index (χ4v) is 7.20. The van der Waals surface area contributed by atoms with Crippen LogP contribution in [0.3, 0.4) is 0 Å². The third-order valence-electron chi connectivity index (χ3n) is 10.6. The van der Waals surface area contributed by atoms with Gasteiger partial charge in [0.1, 0.15) is 32.9 Å². The first-order valence-electron chi connectivity index (χ1n) is 22.2. The van der Waals surface area contributed by atoms with Crippen molar-refractivity contribution in [3.63, 3.8) is 0 Å². The number of unbranched alkanes of at least 4 members (excludes halogenated alkanes) is 10. The van der Waals surface area contributed by atoms with Crippen molar-refractivity contribution < 1.29 is 9.47 Å². The summed E-state index contributed by atoms with van der Waals surface area (Å²) < 4.78 is 12.8. The van der Waals surface area contributed by atoms with Crippen LogP contribution >= 0.6 is 0 Å². The average molecular weight is 851 g/mol. The first-order chi connectivity index (χ1) is 29.6. The molecule has 0 aliphatic carbocycles. The lowest BCUT2D eigenvalue weighted by molar-refractivity contribution is 0.295. The number of ether oxygens (including phenoxy) is 2. The summed E-state index contributed by atoms with van der Waals surface area (Å²) in [5.41, 5.74) is 1.20. The van der Waals surface area contributed by atoms with Crippen molar-refractivity contribution in [3.8, 4) is 11.5 Å². The number of benzene rings is 1. The van der Waals surface area contributed by atoms with Gasteiger partial charge in [-0.15, -0.1) is 0 Å². The first kappa shape index (κ1) is 47.1. The second-order valence-corrected chi connectivity index (χ2v) is 18.0. The van der Waals surface area contributed by atoms with Gasteiger partial charge in [0.05, 0.1) is 37.3 Å². The monoisotopic (exact) mass is 851 g/mol.